The van der Waals surface area contributed by atoms with Crippen molar-refractivity contribution in [1.29, 1.82) is 0 Å². The van der Waals surface area contributed by atoms with Crippen molar-refractivity contribution in [3.05, 3.63) is 39.0 Å². The predicted molar refractivity (Wildman–Crippen MR) is 63.3 cm³/mol. The van der Waals surface area contributed by atoms with E-state index in [-0.39, 0.29) is 20.9 Å². The predicted octanol–water partition coefficient (Wildman–Crippen LogP) is 3.29. The average Bonchev–Trinajstić information content (AvgIpc) is 2.16. The first kappa shape index (κ1) is 10.3. The topological polar surface area (TPSA) is 0 Å². The molecule has 0 atom stereocenters. The molecule has 1 aliphatic heterocycles. The van der Waals surface area contributed by atoms with E-state index >= 15 is 0 Å². The zero-order valence-electron chi connectivity index (χ0n) is 9.00. The summed E-state index contributed by atoms with van der Waals surface area (Å²) < 4.78 is 3.05. The number of benzene rings is 1. The molecule has 0 aliphatic carbocycles. The van der Waals surface area contributed by atoms with E-state index < -0.39 is 0 Å². The van der Waals surface area contributed by atoms with Crippen LogP contribution in [-0.4, -0.2) is 20.9 Å². The molecule has 2 rings (SSSR count). The van der Waals surface area contributed by atoms with Crippen molar-refractivity contribution >= 4 is 27.0 Å². The number of allylic oxidation sites excluding steroid dienone is 1. The molecule has 1 aliphatic rings. The van der Waals surface area contributed by atoms with Gasteiger partial charge in [-0.15, -0.1) is 0 Å². The maximum atomic E-state index is 2.43. The summed E-state index contributed by atoms with van der Waals surface area (Å²) in [6.45, 7) is 6.99. The second-order valence-electron chi connectivity index (χ2n) is 4.75. The van der Waals surface area contributed by atoms with Crippen LogP contribution in [0.3, 0.4) is 0 Å². The molecule has 1 heteroatoms. The van der Waals surface area contributed by atoms with Crippen molar-refractivity contribution in [2.45, 2.75) is 25.2 Å². The molecule has 0 radical (unpaired) electrons. The van der Waals surface area contributed by atoms with Crippen LogP contribution in [0.2, 0.25) is 0 Å². The fraction of sp³-hybridized carbons (Fsp3) is 0.385. The summed E-state index contributed by atoms with van der Waals surface area (Å²) >= 11 is 0.0509. The van der Waals surface area contributed by atoms with E-state index in [0.29, 0.717) is 5.41 Å². The van der Waals surface area contributed by atoms with Gasteiger partial charge in [-0.3, -0.25) is 0 Å². The number of hydrogen-bond acceptors (Lipinski definition) is 0. The first-order valence-corrected chi connectivity index (χ1v) is 7.81. The summed E-state index contributed by atoms with van der Waals surface area (Å²) in [4.78, 5) is 0. The van der Waals surface area contributed by atoms with Crippen LogP contribution in [0.1, 0.15) is 31.9 Å². The van der Waals surface area contributed by atoms with E-state index in [2.05, 4.69) is 51.1 Å². The molecule has 1 heterocycles. The Morgan fingerprint density at radius 2 is 1.86 bits per heavy atom. The Hall–Kier alpha value is -0.250. The van der Waals surface area contributed by atoms with Crippen molar-refractivity contribution in [3.8, 4) is 0 Å². The first-order valence-electron chi connectivity index (χ1n) is 5.00. The fourth-order valence-corrected chi connectivity index (χ4v) is 5.05. The normalized spacial score (nSPS) is 16.1. The molecule has 0 unspecified atom stereocenters. The van der Waals surface area contributed by atoms with Gasteiger partial charge in [-0.25, -0.2) is 0 Å². The van der Waals surface area contributed by atoms with E-state index in [1.807, 2.05) is 0 Å². The van der Waals surface area contributed by atoms with Gasteiger partial charge in [0, 0.05) is 0 Å². The van der Waals surface area contributed by atoms with Crippen molar-refractivity contribution in [2.24, 2.45) is 5.41 Å². The van der Waals surface area contributed by atoms with Crippen LogP contribution < -0.4 is 0 Å². The summed E-state index contributed by atoms with van der Waals surface area (Å²) in [6.07, 6.45) is 2.43. The third-order valence-corrected chi connectivity index (χ3v) is 6.74. The minimum absolute atomic E-state index is 0.0509. The third-order valence-electron chi connectivity index (χ3n) is 2.46. The van der Waals surface area contributed by atoms with Crippen LogP contribution in [0.25, 0.3) is 6.08 Å². The molecule has 14 heavy (non-hydrogen) atoms. The van der Waals surface area contributed by atoms with Crippen molar-refractivity contribution < 1.29 is 0 Å². The number of rotatable bonds is 0. The second-order valence-corrected chi connectivity index (χ2v) is 7.65. The summed E-state index contributed by atoms with van der Waals surface area (Å²) in [5.74, 6) is 0. The molecule has 0 saturated heterocycles. The first-order chi connectivity index (χ1) is 6.57. The Kier molecular flexibility index (Phi) is 2.73. The van der Waals surface area contributed by atoms with Crippen LogP contribution >= 0.6 is 0 Å². The molecule has 0 saturated carbocycles. The summed E-state index contributed by atoms with van der Waals surface area (Å²) in [6, 6.07) is 8.81. The van der Waals surface area contributed by atoms with E-state index in [1.54, 1.807) is 9.18 Å². The van der Waals surface area contributed by atoms with Gasteiger partial charge >= 0.3 is 96.7 Å². The van der Waals surface area contributed by atoms with E-state index in [1.165, 1.54) is 10.0 Å². The molecular formula is C13H16Te. The van der Waals surface area contributed by atoms with Gasteiger partial charge in [0.1, 0.15) is 0 Å². The molecule has 0 spiro atoms. The fourth-order valence-electron chi connectivity index (χ4n) is 1.58. The number of fused-ring (bicyclic) bond motifs is 1. The van der Waals surface area contributed by atoms with E-state index in [9.17, 15) is 0 Å². The molecule has 1 aromatic rings. The van der Waals surface area contributed by atoms with Crippen LogP contribution in [0.4, 0.5) is 0 Å². The Morgan fingerprint density at radius 1 is 1.14 bits per heavy atom. The van der Waals surface area contributed by atoms with Gasteiger partial charge in [0.25, 0.3) is 0 Å². The Bertz CT molecular complexity index is 369. The van der Waals surface area contributed by atoms with Crippen LogP contribution in [-0.2, 0) is 4.47 Å². The molecule has 0 bridgehead atoms. The SMILES string of the molecule is CC(C)(C)C1=Cc2ccccc2C[Te]1. The minimum atomic E-state index is 0.0509. The molecule has 0 N–H and O–H groups in total. The molecule has 0 fully saturated rings. The van der Waals surface area contributed by atoms with Gasteiger partial charge in [-0.1, -0.05) is 0 Å². The van der Waals surface area contributed by atoms with Crippen LogP contribution in [0, 0.1) is 5.41 Å². The van der Waals surface area contributed by atoms with Crippen molar-refractivity contribution in [1.82, 2.24) is 0 Å². The average molecular weight is 300 g/mol. The van der Waals surface area contributed by atoms with Gasteiger partial charge < -0.3 is 0 Å². The third kappa shape index (κ3) is 2.05. The molecule has 0 nitrogen and oxygen atoms in total. The van der Waals surface area contributed by atoms with Gasteiger partial charge in [0.15, 0.2) is 0 Å². The zero-order chi connectivity index (χ0) is 10.2. The number of hydrogen-bond donors (Lipinski definition) is 0. The summed E-state index contributed by atoms with van der Waals surface area (Å²) in [5.41, 5.74) is 3.40. The molecule has 1 aromatic carbocycles. The summed E-state index contributed by atoms with van der Waals surface area (Å²) in [7, 11) is 0. The van der Waals surface area contributed by atoms with Crippen LogP contribution in [0.5, 0.6) is 0 Å². The molecule has 74 valence electrons. The summed E-state index contributed by atoms with van der Waals surface area (Å²) in [5, 5.41) is 0. The van der Waals surface area contributed by atoms with Crippen molar-refractivity contribution in [3.63, 3.8) is 0 Å². The van der Waals surface area contributed by atoms with E-state index in [0.717, 1.165) is 0 Å². The van der Waals surface area contributed by atoms with Gasteiger partial charge in [0.2, 0.25) is 0 Å². The molecular weight excluding hydrogens is 284 g/mol. The van der Waals surface area contributed by atoms with E-state index in [4.69, 9.17) is 0 Å². The Balaban J connectivity index is 2.41. The Labute approximate surface area is 96.5 Å². The van der Waals surface area contributed by atoms with Crippen LogP contribution in [0.15, 0.2) is 27.9 Å². The van der Waals surface area contributed by atoms with Crippen molar-refractivity contribution in [2.75, 3.05) is 0 Å². The maximum absolute atomic E-state index is 2.43. The molecule has 0 amide bonds. The standard InChI is InChI=1S/C13H16Te/c1-13(2,3)12-8-10-6-4-5-7-11(10)9-14-12/h4-8H,9H2,1-3H3. The second kappa shape index (κ2) is 3.72. The zero-order valence-corrected chi connectivity index (χ0v) is 11.3. The Morgan fingerprint density at radius 3 is 2.57 bits per heavy atom. The van der Waals surface area contributed by atoms with Gasteiger partial charge in [-0.05, 0) is 0 Å². The van der Waals surface area contributed by atoms with Gasteiger partial charge in [0.05, 0.1) is 0 Å². The van der Waals surface area contributed by atoms with Gasteiger partial charge in [-0.2, -0.15) is 0 Å². The monoisotopic (exact) mass is 302 g/mol. The molecule has 0 aromatic heterocycles. The quantitative estimate of drug-likeness (QED) is 0.645.